The van der Waals surface area contributed by atoms with Crippen molar-refractivity contribution >= 4 is 24.9 Å². The number of hydrogen-bond acceptors (Lipinski definition) is 0. The lowest BCUT2D eigenvalue weighted by Gasteiger charge is -2.33. The van der Waals surface area contributed by atoms with Crippen LogP contribution in [0.15, 0.2) is 36.4 Å². The van der Waals surface area contributed by atoms with Gasteiger partial charge in [-0.2, -0.15) is 9.19 Å². The predicted octanol–water partition coefficient (Wildman–Crippen LogP) is 3.27. The molecular weight excluding hydrogens is 414 g/mol. The first kappa shape index (κ1) is 23.5. The summed E-state index contributed by atoms with van der Waals surface area (Å²) in [4.78, 5) is 0. The van der Waals surface area contributed by atoms with E-state index in [0.29, 0.717) is 0 Å². The zero-order chi connectivity index (χ0) is 25.2. The van der Waals surface area contributed by atoms with Crippen LogP contribution in [0, 0.1) is 0 Å². The molecule has 178 valence electrons. The van der Waals surface area contributed by atoms with Crippen LogP contribution in [0.25, 0.3) is 0 Å². The van der Waals surface area contributed by atoms with E-state index < -0.39 is 0 Å². The van der Waals surface area contributed by atoms with E-state index in [1.54, 1.807) is 0 Å². The average molecular weight is 456 g/mol. The van der Waals surface area contributed by atoms with E-state index in [2.05, 4.69) is 138 Å². The molecule has 0 saturated heterocycles. The van der Waals surface area contributed by atoms with Crippen molar-refractivity contribution in [3.8, 4) is 0 Å². The summed E-state index contributed by atoms with van der Waals surface area (Å²) >= 11 is 0. The fourth-order valence-corrected chi connectivity index (χ4v) is 5.94. The van der Waals surface area contributed by atoms with Crippen molar-refractivity contribution in [3.05, 3.63) is 59.2 Å². The molecule has 0 aliphatic carbocycles. The molecule has 34 heavy (non-hydrogen) atoms. The van der Waals surface area contributed by atoms with E-state index in [0.717, 1.165) is 0 Å². The SMILES string of the molecule is CC(C)(C)c1cc(C(C)(C)C)[n+]2n1B1c3ccccc3B2[n+]2c(C(C)(C)C)cc(C(C)(C)C)n21. The van der Waals surface area contributed by atoms with Crippen molar-refractivity contribution in [1.29, 1.82) is 0 Å². The van der Waals surface area contributed by atoms with E-state index >= 15 is 0 Å². The molecule has 6 heteroatoms. The summed E-state index contributed by atoms with van der Waals surface area (Å²) in [5.41, 5.74) is 8.59. The minimum absolute atomic E-state index is 0.0322. The normalized spacial score (nSPS) is 15.5. The Kier molecular flexibility index (Phi) is 4.64. The summed E-state index contributed by atoms with van der Waals surface area (Å²) in [7, 11) is 0. The third-order valence-corrected chi connectivity index (χ3v) is 7.55. The highest BCUT2D eigenvalue weighted by molar-refractivity contribution is 6.80. The molecule has 0 saturated carbocycles. The molecule has 0 amide bonds. The largest absolute Gasteiger partial charge is 0.923 e. The van der Waals surface area contributed by atoms with Crippen LogP contribution >= 0.6 is 0 Å². The smallest absolute Gasteiger partial charge is 0.186 e. The van der Waals surface area contributed by atoms with Crippen molar-refractivity contribution < 1.29 is 9.19 Å². The van der Waals surface area contributed by atoms with Gasteiger partial charge < -0.3 is 0 Å². The van der Waals surface area contributed by atoms with Gasteiger partial charge in [-0.3, -0.25) is 0 Å². The van der Waals surface area contributed by atoms with Crippen LogP contribution in [0.2, 0.25) is 0 Å². The summed E-state index contributed by atoms with van der Waals surface area (Å²) in [6.07, 6.45) is 0. The van der Waals surface area contributed by atoms with E-state index in [1.807, 2.05) is 0 Å². The number of aromatic nitrogens is 4. The van der Waals surface area contributed by atoms with E-state index in [4.69, 9.17) is 0 Å². The minimum Gasteiger partial charge on any atom is -0.186 e. The number of rotatable bonds is 0. The number of nitrogens with zero attached hydrogens (tertiary/aromatic N) is 4. The van der Waals surface area contributed by atoms with Gasteiger partial charge in [0.1, 0.15) is 0 Å². The molecule has 2 aromatic heterocycles. The summed E-state index contributed by atoms with van der Waals surface area (Å²) in [6, 6.07) is 14.1. The quantitative estimate of drug-likeness (QED) is 0.319. The summed E-state index contributed by atoms with van der Waals surface area (Å²) in [6.45, 7) is 28.4. The molecule has 0 fully saturated rings. The fourth-order valence-electron chi connectivity index (χ4n) is 5.94. The van der Waals surface area contributed by atoms with E-state index in [9.17, 15) is 0 Å². The van der Waals surface area contributed by atoms with Gasteiger partial charge in [-0.15, -0.1) is 9.19 Å². The van der Waals surface area contributed by atoms with Gasteiger partial charge in [-0.05, 0) is 5.46 Å². The average Bonchev–Trinajstić information content (AvgIpc) is 3.27. The third-order valence-electron chi connectivity index (χ3n) is 7.55. The van der Waals surface area contributed by atoms with Gasteiger partial charge in [0.2, 0.25) is 0 Å². The first-order valence-electron chi connectivity index (χ1n) is 12.9. The molecule has 0 unspecified atom stereocenters. The molecular formula is C28H42B2N4+2. The molecule has 0 atom stereocenters. The molecule has 3 aromatic rings. The maximum Gasteiger partial charge on any atom is 0.923 e. The monoisotopic (exact) mass is 456 g/mol. The molecule has 6 rings (SSSR count). The van der Waals surface area contributed by atoms with Crippen LogP contribution in [0.5, 0.6) is 0 Å². The standard InChI is InChI=1S/C28H42B2N4/c1-25(2,3)21-17-22(26(4,5)6)32-30-20-16-14-13-15-19(20)29(31(21)32)33-23(27(7,8)9)18-24(34(30)33)28(10,11)12/h13-18H,1-12H3/q+2. The van der Waals surface area contributed by atoms with Crippen LogP contribution in [0.1, 0.15) is 106 Å². The lowest BCUT2D eigenvalue weighted by molar-refractivity contribution is -0.764. The second-order valence-electron chi connectivity index (χ2n) is 14.6. The van der Waals surface area contributed by atoms with Crippen LogP contribution in [-0.4, -0.2) is 23.2 Å². The molecule has 2 bridgehead atoms. The first-order chi connectivity index (χ1) is 15.4. The van der Waals surface area contributed by atoms with Gasteiger partial charge in [-0.1, -0.05) is 107 Å². The highest BCUT2D eigenvalue weighted by atomic mass is 15.5. The molecule has 3 aliphatic heterocycles. The molecule has 3 aliphatic rings. The minimum atomic E-state index is 0.0322. The number of hydrogen-bond donors (Lipinski definition) is 0. The molecule has 5 heterocycles. The molecule has 4 nitrogen and oxygen atoms in total. The van der Waals surface area contributed by atoms with Gasteiger partial charge in [0.15, 0.2) is 11.4 Å². The van der Waals surface area contributed by atoms with Crippen molar-refractivity contribution in [2.45, 2.75) is 105 Å². The highest BCUT2D eigenvalue weighted by Crippen LogP contribution is 2.33. The van der Waals surface area contributed by atoms with E-state index in [-0.39, 0.29) is 35.6 Å². The number of benzene rings is 1. The van der Waals surface area contributed by atoms with Crippen molar-refractivity contribution in [2.24, 2.45) is 0 Å². The Labute approximate surface area is 207 Å². The second-order valence-corrected chi connectivity index (χ2v) is 14.6. The highest BCUT2D eigenvalue weighted by Gasteiger charge is 2.71. The van der Waals surface area contributed by atoms with Crippen molar-refractivity contribution in [2.75, 3.05) is 0 Å². The van der Waals surface area contributed by atoms with Crippen molar-refractivity contribution in [1.82, 2.24) is 9.19 Å². The maximum atomic E-state index is 2.63. The Bertz CT molecular complexity index is 1130. The Morgan fingerprint density at radius 1 is 0.559 bits per heavy atom. The van der Waals surface area contributed by atoms with Gasteiger partial charge in [0.05, 0.1) is 16.9 Å². The van der Waals surface area contributed by atoms with Crippen LogP contribution < -0.4 is 20.1 Å². The zero-order valence-corrected chi connectivity index (χ0v) is 23.4. The lowest BCUT2D eigenvalue weighted by atomic mass is 9.49. The van der Waals surface area contributed by atoms with Crippen molar-refractivity contribution in [3.63, 3.8) is 0 Å². The Morgan fingerprint density at radius 2 is 0.941 bits per heavy atom. The predicted molar refractivity (Wildman–Crippen MR) is 143 cm³/mol. The first-order valence-corrected chi connectivity index (χ1v) is 12.9. The van der Waals surface area contributed by atoms with Crippen LogP contribution in [0.3, 0.4) is 0 Å². The zero-order valence-electron chi connectivity index (χ0n) is 23.4. The van der Waals surface area contributed by atoms with Gasteiger partial charge in [0.25, 0.3) is 0 Å². The summed E-state index contributed by atoms with van der Waals surface area (Å²) in [5, 5.41) is 0. The van der Waals surface area contributed by atoms with E-state index in [1.165, 1.54) is 33.7 Å². The lowest BCUT2D eigenvalue weighted by Crippen LogP contribution is -2.96. The topological polar surface area (TPSA) is 17.6 Å². The molecule has 1 aromatic carbocycles. The van der Waals surface area contributed by atoms with Crippen LogP contribution in [0.4, 0.5) is 0 Å². The Hall–Kier alpha value is -2.23. The third kappa shape index (κ3) is 3.13. The molecule has 0 radical (unpaired) electrons. The molecule has 0 N–H and O–H groups in total. The second kappa shape index (κ2) is 6.71. The van der Waals surface area contributed by atoms with Gasteiger partial charge >= 0.3 is 14.0 Å². The summed E-state index contributed by atoms with van der Waals surface area (Å²) < 4.78 is 10.5. The van der Waals surface area contributed by atoms with Crippen LogP contribution in [-0.2, 0) is 21.7 Å². The Morgan fingerprint density at radius 3 is 1.29 bits per heavy atom. The maximum absolute atomic E-state index is 2.63. The van der Waals surface area contributed by atoms with Gasteiger partial charge in [-0.25, -0.2) is 0 Å². The fraction of sp³-hybridized carbons (Fsp3) is 0.571. The molecule has 0 spiro atoms. The van der Waals surface area contributed by atoms with Gasteiger partial charge in [0, 0.05) is 33.8 Å². The summed E-state index contributed by atoms with van der Waals surface area (Å²) in [5.74, 6) is 0. The Balaban J connectivity index is 1.99.